The molecule has 0 bridgehead atoms. The summed E-state index contributed by atoms with van der Waals surface area (Å²) in [7, 11) is 0. The van der Waals surface area contributed by atoms with Gasteiger partial charge in [0.05, 0.1) is 5.02 Å². The average molecular weight is 379 g/mol. The Labute approximate surface area is 141 Å². The molecule has 0 spiro atoms. The number of halogens is 3. The standard InChI is InChI=1S/C17H26BrClFN/c1-6-9-21-14(10-11(2)17(3,4)5)12-7-8-13(18)15(19)16(12)20/h7-8,11,14,21H,6,9-10H2,1-5H3. The fourth-order valence-corrected chi connectivity index (χ4v) is 2.63. The van der Waals surface area contributed by atoms with Crippen molar-refractivity contribution in [2.45, 2.75) is 53.5 Å². The smallest absolute Gasteiger partial charge is 0.147 e. The first-order valence-corrected chi connectivity index (χ1v) is 8.72. The minimum Gasteiger partial charge on any atom is -0.310 e. The number of rotatable bonds is 6. The van der Waals surface area contributed by atoms with Crippen LogP contribution >= 0.6 is 27.5 Å². The maximum Gasteiger partial charge on any atom is 0.147 e. The number of benzene rings is 1. The normalized spacial score (nSPS) is 15.0. The molecule has 0 aromatic heterocycles. The Morgan fingerprint density at radius 3 is 2.48 bits per heavy atom. The van der Waals surface area contributed by atoms with Crippen molar-refractivity contribution in [1.82, 2.24) is 5.32 Å². The van der Waals surface area contributed by atoms with Crippen molar-refractivity contribution in [2.24, 2.45) is 11.3 Å². The fourth-order valence-electron chi connectivity index (χ4n) is 2.16. The molecule has 0 saturated heterocycles. The molecule has 2 unspecified atom stereocenters. The molecular weight excluding hydrogens is 353 g/mol. The molecule has 0 aliphatic carbocycles. The van der Waals surface area contributed by atoms with Gasteiger partial charge in [0.2, 0.25) is 0 Å². The van der Waals surface area contributed by atoms with Gasteiger partial charge in [-0.1, -0.05) is 52.3 Å². The Bertz CT molecular complexity index is 471. The van der Waals surface area contributed by atoms with Crippen molar-refractivity contribution in [3.8, 4) is 0 Å². The highest BCUT2D eigenvalue weighted by Gasteiger charge is 2.26. The van der Waals surface area contributed by atoms with Crippen molar-refractivity contribution in [3.05, 3.63) is 33.0 Å². The predicted octanol–water partition coefficient (Wildman–Crippen LogP) is 6.35. The summed E-state index contributed by atoms with van der Waals surface area (Å²) < 4.78 is 15.1. The predicted molar refractivity (Wildman–Crippen MR) is 93.4 cm³/mol. The first-order valence-electron chi connectivity index (χ1n) is 7.55. The third-order valence-corrected chi connectivity index (χ3v) is 5.41. The molecule has 2 atom stereocenters. The molecule has 0 radical (unpaired) electrons. The van der Waals surface area contributed by atoms with Gasteiger partial charge in [0.25, 0.3) is 0 Å². The van der Waals surface area contributed by atoms with Crippen LogP contribution in [-0.4, -0.2) is 6.54 Å². The lowest BCUT2D eigenvalue weighted by atomic mass is 9.77. The van der Waals surface area contributed by atoms with E-state index in [0.29, 0.717) is 16.0 Å². The molecule has 0 fully saturated rings. The van der Waals surface area contributed by atoms with E-state index in [2.05, 4.69) is 55.9 Å². The van der Waals surface area contributed by atoms with Gasteiger partial charge in [-0.3, -0.25) is 0 Å². The lowest BCUT2D eigenvalue weighted by Crippen LogP contribution is -2.28. The molecule has 0 amide bonds. The van der Waals surface area contributed by atoms with Gasteiger partial charge in [0, 0.05) is 16.1 Å². The maximum atomic E-state index is 14.5. The van der Waals surface area contributed by atoms with Crippen LogP contribution in [-0.2, 0) is 0 Å². The van der Waals surface area contributed by atoms with Crippen LogP contribution in [0.15, 0.2) is 16.6 Å². The quantitative estimate of drug-likeness (QED) is 0.568. The molecule has 1 rings (SSSR count). The molecular formula is C17H26BrClFN. The summed E-state index contributed by atoms with van der Waals surface area (Å²) >= 11 is 9.31. The Balaban J connectivity index is 3.05. The van der Waals surface area contributed by atoms with Gasteiger partial charge < -0.3 is 5.32 Å². The zero-order valence-electron chi connectivity index (χ0n) is 13.6. The lowest BCUT2D eigenvalue weighted by Gasteiger charge is -2.31. The molecule has 21 heavy (non-hydrogen) atoms. The minimum atomic E-state index is -0.319. The van der Waals surface area contributed by atoms with Gasteiger partial charge in [0.1, 0.15) is 5.82 Å². The van der Waals surface area contributed by atoms with Gasteiger partial charge in [-0.2, -0.15) is 0 Å². The minimum absolute atomic E-state index is 0.00947. The highest BCUT2D eigenvalue weighted by molar-refractivity contribution is 9.10. The second kappa shape index (κ2) is 7.94. The molecule has 1 aromatic rings. The highest BCUT2D eigenvalue weighted by Crippen LogP contribution is 2.36. The van der Waals surface area contributed by atoms with Crippen molar-refractivity contribution in [2.75, 3.05) is 6.54 Å². The van der Waals surface area contributed by atoms with E-state index in [9.17, 15) is 4.39 Å². The first kappa shape index (κ1) is 18.9. The average Bonchev–Trinajstić information content (AvgIpc) is 2.40. The second-order valence-electron chi connectivity index (χ2n) is 6.77. The lowest BCUT2D eigenvalue weighted by molar-refractivity contribution is 0.222. The Morgan fingerprint density at radius 2 is 1.95 bits per heavy atom. The Hall–Kier alpha value is -0.120. The third kappa shape index (κ3) is 5.22. The van der Waals surface area contributed by atoms with Gasteiger partial charge >= 0.3 is 0 Å². The topological polar surface area (TPSA) is 12.0 Å². The maximum absolute atomic E-state index is 14.5. The number of nitrogens with one attached hydrogen (secondary N) is 1. The van der Waals surface area contributed by atoms with Crippen LogP contribution in [0.2, 0.25) is 5.02 Å². The summed E-state index contributed by atoms with van der Waals surface area (Å²) in [6, 6.07) is 3.64. The van der Waals surface area contributed by atoms with Crippen LogP contribution in [0.4, 0.5) is 4.39 Å². The molecule has 0 aliphatic heterocycles. The van der Waals surface area contributed by atoms with Crippen LogP contribution in [0.3, 0.4) is 0 Å². The summed E-state index contributed by atoms with van der Waals surface area (Å²) in [6.07, 6.45) is 1.91. The largest absolute Gasteiger partial charge is 0.310 e. The van der Waals surface area contributed by atoms with Crippen molar-refractivity contribution in [1.29, 1.82) is 0 Å². The van der Waals surface area contributed by atoms with E-state index in [1.165, 1.54) is 0 Å². The van der Waals surface area contributed by atoms with E-state index in [1.807, 2.05) is 12.1 Å². The SMILES string of the molecule is CCCNC(CC(C)C(C)(C)C)c1ccc(Br)c(Cl)c1F. The summed E-state index contributed by atoms with van der Waals surface area (Å²) in [6.45, 7) is 11.9. The number of hydrogen-bond donors (Lipinski definition) is 1. The van der Waals surface area contributed by atoms with Gasteiger partial charge in [-0.05, 0) is 52.7 Å². The molecule has 1 nitrogen and oxygen atoms in total. The van der Waals surface area contributed by atoms with E-state index < -0.39 is 0 Å². The monoisotopic (exact) mass is 377 g/mol. The summed E-state index contributed by atoms with van der Waals surface area (Å²) in [5, 5.41) is 3.63. The zero-order valence-corrected chi connectivity index (χ0v) is 15.9. The van der Waals surface area contributed by atoms with Gasteiger partial charge in [0.15, 0.2) is 0 Å². The molecule has 4 heteroatoms. The highest BCUT2D eigenvalue weighted by atomic mass is 79.9. The Kier molecular flexibility index (Phi) is 7.15. The first-order chi connectivity index (χ1) is 9.68. The molecule has 120 valence electrons. The van der Waals surface area contributed by atoms with E-state index in [4.69, 9.17) is 11.6 Å². The van der Waals surface area contributed by atoms with Crippen molar-refractivity contribution in [3.63, 3.8) is 0 Å². The van der Waals surface area contributed by atoms with Gasteiger partial charge in [-0.25, -0.2) is 4.39 Å². The van der Waals surface area contributed by atoms with Crippen molar-refractivity contribution < 1.29 is 4.39 Å². The number of hydrogen-bond acceptors (Lipinski definition) is 1. The molecule has 0 aliphatic rings. The van der Waals surface area contributed by atoms with E-state index >= 15 is 0 Å². The second-order valence-corrected chi connectivity index (χ2v) is 8.01. The van der Waals surface area contributed by atoms with E-state index in [1.54, 1.807) is 0 Å². The van der Waals surface area contributed by atoms with Crippen LogP contribution < -0.4 is 5.32 Å². The summed E-state index contributed by atoms with van der Waals surface area (Å²) in [5.74, 6) is 0.148. The summed E-state index contributed by atoms with van der Waals surface area (Å²) in [5.41, 5.74) is 0.856. The zero-order chi connectivity index (χ0) is 16.2. The Morgan fingerprint density at radius 1 is 1.33 bits per heavy atom. The van der Waals surface area contributed by atoms with Crippen molar-refractivity contribution >= 4 is 27.5 Å². The molecule has 1 N–H and O–H groups in total. The van der Waals surface area contributed by atoms with Crippen LogP contribution in [0.1, 0.15) is 59.1 Å². The van der Waals surface area contributed by atoms with E-state index in [-0.39, 0.29) is 22.3 Å². The third-order valence-electron chi connectivity index (χ3n) is 4.15. The van der Waals surface area contributed by atoms with E-state index in [0.717, 1.165) is 19.4 Å². The molecule has 0 saturated carbocycles. The summed E-state index contributed by atoms with van der Waals surface area (Å²) in [4.78, 5) is 0. The fraction of sp³-hybridized carbons (Fsp3) is 0.647. The van der Waals surface area contributed by atoms with Crippen LogP contribution in [0.25, 0.3) is 0 Å². The molecule has 0 heterocycles. The molecule has 1 aromatic carbocycles. The van der Waals surface area contributed by atoms with Crippen LogP contribution in [0.5, 0.6) is 0 Å². The van der Waals surface area contributed by atoms with Crippen LogP contribution in [0, 0.1) is 17.2 Å². The van der Waals surface area contributed by atoms with Gasteiger partial charge in [-0.15, -0.1) is 0 Å².